The number of hydrogen-bond donors (Lipinski definition) is 1. The number of hydrogen-bond acceptors (Lipinski definition) is 4. The second kappa shape index (κ2) is 8.29. The normalized spacial score (nSPS) is 10.3. The van der Waals surface area contributed by atoms with Crippen molar-refractivity contribution in [2.45, 2.75) is 13.5 Å². The molecule has 0 amide bonds. The van der Waals surface area contributed by atoms with Crippen LogP contribution in [0.15, 0.2) is 42.5 Å². The molecule has 4 heteroatoms. The van der Waals surface area contributed by atoms with Crippen molar-refractivity contribution >= 4 is 5.69 Å². The van der Waals surface area contributed by atoms with E-state index in [1.165, 1.54) is 5.56 Å². The van der Waals surface area contributed by atoms with Crippen molar-refractivity contribution in [3.63, 3.8) is 0 Å². The molecule has 0 radical (unpaired) electrons. The largest absolute Gasteiger partial charge is 0.493 e. The highest BCUT2D eigenvalue weighted by molar-refractivity contribution is 5.48. The zero-order valence-electron chi connectivity index (χ0n) is 13.4. The lowest BCUT2D eigenvalue weighted by Crippen LogP contribution is -2.06. The van der Waals surface area contributed by atoms with Crippen LogP contribution < -0.4 is 14.8 Å². The highest BCUT2D eigenvalue weighted by Gasteiger charge is 2.06. The molecule has 0 aliphatic carbocycles. The summed E-state index contributed by atoms with van der Waals surface area (Å²) in [5, 5.41) is 3.41. The first-order valence-corrected chi connectivity index (χ1v) is 7.32. The first-order chi connectivity index (χ1) is 10.7. The summed E-state index contributed by atoms with van der Waals surface area (Å²) in [4.78, 5) is 0. The molecular weight excluding hydrogens is 278 g/mol. The lowest BCUT2D eigenvalue weighted by Gasteiger charge is -2.13. The van der Waals surface area contributed by atoms with E-state index in [0.717, 1.165) is 29.3 Å². The Hall–Kier alpha value is -2.20. The lowest BCUT2D eigenvalue weighted by atomic mass is 10.2. The second-order valence-electron chi connectivity index (χ2n) is 5.05. The standard InChI is InChI=1S/C18H23NO3/c1-14-5-4-6-16(11-14)19-13-15-7-8-17(18(12-15)21-3)22-10-9-20-2/h4-8,11-12,19H,9-10,13H2,1-3H3. The average Bonchev–Trinajstić information content (AvgIpc) is 2.54. The maximum atomic E-state index is 5.63. The van der Waals surface area contributed by atoms with E-state index in [9.17, 15) is 0 Å². The molecule has 0 heterocycles. The summed E-state index contributed by atoms with van der Waals surface area (Å²) in [6.45, 7) is 3.88. The van der Waals surface area contributed by atoms with Gasteiger partial charge in [0.15, 0.2) is 11.5 Å². The molecule has 2 aromatic carbocycles. The van der Waals surface area contributed by atoms with Crippen LogP contribution in [-0.2, 0) is 11.3 Å². The maximum absolute atomic E-state index is 5.63. The first-order valence-electron chi connectivity index (χ1n) is 7.32. The second-order valence-corrected chi connectivity index (χ2v) is 5.05. The van der Waals surface area contributed by atoms with E-state index in [0.29, 0.717) is 13.2 Å². The third-order valence-corrected chi connectivity index (χ3v) is 3.29. The van der Waals surface area contributed by atoms with E-state index in [-0.39, 0.29) is 0 Å². The molecule has 4 nitrogen and oxygen atoms in total. The van der Waals surface area contributed by atoms with Crippen molar-refractivity contribution in [1.82, 2.24) is 0 Å². The van der Waals surface area contributed by atoms with Crippen LogP contribution in [0.3, 0.4) is 0 Å². The minimum atomic E-state index is 0.508. The van der Waals surface area contributed by atoms with Gasteiger partial charge in [-0.3, -0.25) is 0 Å². The van der Waals surface area contributed by atoms with Crippen molar-refractivity contribution in [3.8, 4) is 11.5 Å². The van der Waals surface area contributed by atoms with E-state index in [2.05, 4.69) is 30.4 Å². The van der Waals surface area contributed by atoms with Crippen LogP contribution >= 0.6 is 0 Å². The molecule has 2 aromatic rings. The molecule has 0 saturated carbocycles. The van der Waals surface area contributed by atoms with Gasteiger partial charge in [-0.1, -0.05) is 18.2 Å². The average molecular weight is 301 g/mol. The van der Waals surface area contributed by atoms with Crippen molar-refractivity contribution in [2.24, 2.45) is 0 Å². The topological polar surface area (TPSA) is 39.7 Å². The summed E-state index contributed by atoms with van der Waals surface area (Å²) in [7, 11) is 3.30. The smallest absolute Gasteiger partial charge is 0.161 e. The molecule has 0 spiro atoms. The minimum absolute atomic E-state index is 0.508. The number of benzene rings is 2. The van der Waals surface area contributed by atoms with E-state index in [4.69, 9.17) is 14.2 Å². The molecule has 0 aliphatic rings. The molecule has 0 aromatic heterocycles. The summed E-state index contributed by atoms with van der Waals surface area (Å²) < 4.78 is 16.0. The number of nitrogens with one attached hydrogen (secondary N) is 1. The van der Waals surface area contributed by atoms with E-state index < -0.39 is 0 Å². The third-order valence-electron chi connectivity index (χ3n) is 3.29. The Morgan fingerprint density at radius 1 is 0.955 bits per heavy atom. The summed E-state index contributed by atoms with van der Waals surface area (Å²) in [5.41, 5.74) is 3.49. The third kappa shape index (κ3) is 4.67. The molecule has 0 atom stereocenters. The van der Waals surface area contributed by atoms with Crippen LogP contribution in [0.5, 0.6) is 11.5 Å². The highest BCUT2D eigenvalue weighted by Crippen LogP contribution is 2.28. The number of rotatable bonds is 8. The summed E-state index contributed by atoms with van der Waals surface area (Å²) in [6.07, 6.45) is 0. The van der Waals surface area contributed by atoms with Gasteiger partial charge in [-0.15, -0.1) is 0 Å². The molecule has 22 heavy (non-hydrogen) atoms. The van der Waals surface area contributed by atoms with Gasteiger partial charge in [0.1, 0.15) is 6.61 Å². The van der Waals surface area contributed by atoms with Gasteiger partial charge in [0.2, 0.25) is 0 Å². The van der Waals surface area contributed by atoms with E-state index in [1.807, 2.05) is 24.3 Å². The zero-order chi connectivity index (χ0) is 15.8. The fraction of sp³-hybridized carbons (Fsp3) is 0.333. The van der Waals surface area contributed by atoms with Crippen molar-refractivity contribution in [3.05, 3.63) is 53.6 Å². The fourth-order valence-electron chi connectivity index (χ4n) is 2.14. The molecule has 118 valence electrons. The monoisotopic (exact) mass is 301 g/mol. The molecule has 0 unspecified atom stereocenters. The van der Waals surface area contributed by atoms with Crippen LogP contribution in [0.4, 0.5) is 5.69 Å². The van der Waals surface area contributed by atoms with E-state index in [1.54, 1.807) is 14.2 Å². The Balaban J connectivity index is 1.99. The molecule has 0 aliphatic heterocycles. The lowest BCUT2D eigenvalue weighted by molar-refractivity contribution is 0.144. The maximum Gasteiger partial charge on any atom is 0.161 e. The zero-order valence-corrected chi connectivity index (χ0v) is 13.4. The SMILES string of the molecule is COCCOc1ccc(CNc2cccc(C)c2)cc1OC. The van der Waals surface area contributed by atoms with Crippen LogP contribution in [-0.4, -0.2) is 27.4 Å². The van der Waals surface area contributed by atoms with E-state index >= 15 is 0 Å². The summed E-state index contributed by atoms with van der Waals surface area (Å²) in [6, 6.07) is 14.3. The Labute approximate surface area is 132 Å². The molecule has 0 fully saturated rings. The predicted molar refractivity (Wildman–Crippen MR) is 88.9 cm³/mol. The summed E-state index contributed by atoms with van der Waals surface area (Å²) >= 11 is 0. The highest BCUT2D eigenvalue weighted by atomic mass is 16.5. The van der Waals surface area contributed by atoms with Crippen LogP contribution in [0.2, 0.25) is 0 Å². The fourth-order valence-corrected chi connectivity index (χ4v) is 2.14. The minimum Gasteiger partial charge on any atom is -0.493 e. The van der Waals surface area contributed by atoms with Crippen LogP contribution in [0, 0.1) is 6.92 Å². The number of ether oxygens (including phenoxy) is 3. The number of methoxy groups -OCH3 is 2. The van der Waals surface area contributed by atoms with Gasteiger partial charge in [0.25, 0.3) is 0 Å². The van der Waals surface area contributed by atoms with Gasteiger partial charge in [0, 0.05) is 19.3 Å². The van der Waals surface area contributed by atoms with Gasteiger partial charge < -0.3 is 19.5 Å². The van der Waals surface area contributed by atoms with Gasteiger partial charge in [-0.25, -0.2) is 0 Å². The Bertz CT molecular complexity index is 599. The van der Waals surface area contributed by atoms with Crippen molar-refractivity contribution in [2.75, 3.05) is 32.8 Å². The van der Waals surface area contributed by atoms with Crippen LogP contribution in [0.1, 0.15) is 11.1 Å². The van der Waals surface area contributed by atoms with Gasteiger partial charge in [-0.05, 0) is 42.3 Å². The van der Waals surface area contributed by atoms with Gasteiger partial charge >= 0.3 is 0 Å². The Kier molecular flexibility index (Phi) is 6.10. The molecule has 0 bridgehead atoms. The molecular formula is C18H23NO3. The Morgan fingerprint density at radius 2 is 1.82 bits per heavy atom. The van der Waals surface area contributed by atoms with Crippen molar-refractivity contribution < 1.29 is 14.2 Å². The van der Waals surface area contributed by atoms with Crippen LogP contribution in [0.25, 0.3) is 0 Å². The first kappa shape index (κ1) is 16.2. The number of aryl methyl sites for hydroxylation is 1. The quantitative estimate of drug-likeness (QED) is 0.756. The molecule has 2 rings (SSSR count). The Morgan fingerprint density at radius 3 is 2.55 bits per heavy atom. The van der Waals surface area contributed by atoms with Crippen molar-refractivity contribution in [1.29, 1.82) is 0 Å². The molecule has 0 saturated heterocycles. The summed E-state index contributed by atoms with van der Waals surface area (Å²) in [5.74, 6) is 1.47. The predicted octanol–water partition coefficient (Wildman–Crippen LogP) is 3.64. The number of anilines is 1. The molecule has 1 N–H and O–H groups in total. The van der Waals surface area contributed by atoms with Gasteiger partial charge in [-0.2, -0.15) is 0 Å². The van der Waals surface area contributed by atoms with Gasteiger partial charge in [0.05, 0.1) is 13.7 Å².